The first-order valence-electron chi connectivity index (χ1n) is 6.42. The van der Waals surface area contributed by atoms with E-state index in [9.17, 15) is 9.59 Å². The first-order valence-corrected chi connectivity index (χ1v) is 13.0. The summed E-state index contributed by atoms with van der Waals surface area (Å²) in [5.41, 5.74) is 0.731. The van der Waals surface area contributed by atoms with Crippen LogP contribution in [0.3, 0.4) is 0 Å². The Hall–Kier alpha value is 0.624. The lowest BCUT2D eigenvalue weighted by molar-refractivity contribution is 0.0981. The van der Waals surface area contributed by atoms with Crippen molar-refractivity contribution in [1.82, 2.24) is 0 Å². The molecule has 0 saturated carbocycles. The fourth-order valence-corrected chi connectivity index (χ4v) is 9.58. The Labute approximate surface area is 155 Å². The Morgan fingerprint density at radius 2 is 1.76 bits per heavy atom. The van der Waals surface area contributed by atoms with Crippen LogP contribution in [0.1, 0.15) is 23.2 Å². The summed E-state index contributed by atoms with van der Waals surface area (Å²) in [5.74, 6) is 0.128. The number of ketones is 1. The van der Waals surface area contributed by atoms with Crippen molar-refractivity contribution in [3.63, 3.8) is 0 Å². The Morgan fingerprint density at radius 3 is 2.29 bits per heavy atom. The number of halogens is 2. The third-order valence-corrected chi connectivity index (χ3v) is 11.4. The molecule has 1 rings (SSSR count). The third kappa shape index (κ3) is 7.15. The fraction of sp³-hybridized carbons (Fsp3) is 0.417. The second-order valence-electron chi connectivity index (χ2n) is 5.18. The third-order valence-electron chi connectivity index (χ3n) is 2.88. The topological polar surface area (TPSA) is 65.0 Å². The van der Waals surface area contributed by atoms with Gasteiger partial charge in [-0.3, -0.25) is 10.3 Å². The molecule has 0 unspecified atom stereocenters. The zero-order chi connectivity index (χ0) is 15.9. The maximum absolute atomic E-state index is 12.0. The van der Waals surface area contributed by atoms with Crippen molar-refractivity contribution in [3.05, 3.63) is 35.9 Å². The number of benzene rings is 1. The van der Waals surface area contributed by atoms with Crippen LogP contribution in [0, 0.1) is 0 Å². The Kier molecular flexibility index (Phi) is 8.48. The predicted octanol–water partition coefficient (Wildman–Crippen LogP) is 4.03. The molecule has 21 heavy (non-hydrogen) atoms. The SMILES string of the molecule is C[Si](C)(CCCC(=O)c1ccccc1)O[Si](O)(OI)OI. The Morgan fingerprint density at radius 1 is 1.19 bits per heavy atom. The summed E-state index contributed by atoms with van der Waals surface area (Å²) in [4.78, 5) is 22.0. The number of carbonyl (C=O) groups excluding carboxylic acids is 1. The second-order valence-corrected chi connectivity index (χ2v) is 14.0. The van der Waals surface area contributed by atoms with Crippen molar-refractivity contribution in [2.24, 2.45) is 0 Å². The molecule has 118 valence electrons. The molecule has 0 bridgehead atoms. The minimum Gasteiger partial charge on any atom is -0.393 e. The van der Waals surface area contributed by atoms with Gasteiger partial charge in [0.05, 0.1) is 0 Å². The molecule has 0 spiro atoms. The molecular formula is C12H18I2O5Si2. The van der Waals surface area contributed by atoms with Crippen molar-refractivity contribution in [3.8, 4) is 0 Å². The van der Waals surface area contributed by atoms with Crippen LogP contribution < -0.4 is 0 Å². The van der Waals surface area contributed by atoms with Crippen molar-refractivity contribution in [2.45, 2.75) is 32.0 Å². The van der Waals surface area contributed by atoms with E-state index in [-0.39, 0.29) is 5.78 Å². The summed E-state index contributed by atoms with van der Waals surface area (Å²) in [6.45, 7) is 3.95. The molecule has 5 nitrogen and oxygen atoms in total. The average molecular weight is 552 g/mol. The molecule has 0 saturated heterocycles. The minimum atomic E-state index is -3.52. The zero-order valence-electron chi connectivity index (χ0n) is 11.8. The maximum atomic E-state index is 12.0. The summed E-state index contributed by atoms with van der Waals surface area (Å²) >= 11 is 3.17. The predicted molar refractivity (Wildman–Crippen MR) is 102 cm³/mol. The normalized spacial score (nSPS) is 12.4. The largest absolute Gasteiger partial charge is 0.685 e. The van der Waals surface area contributed by atoms with Crippen LogP contribution in [-0.4, -0.2) is 27.9 Å². The lowest BCUT2D eigenvalue weighted by Crippen LogP contribution is -2.50. The van der Waals surface area contributed by atoms with E-state index in [0.717, 1.165) is 18.0 Å². The molecule has 0 amide bonds. The molecular weight excluding hydrogens is 534 g/mol. The van der Waals surface area contributed by atoms with Crippen molar-refractivity contribution in [2.75, 3.05) is 0 Å². The van der Waals surface area contributed by atoms with E-state index < -0.39 is 17.4 Å². The van der Waals surface area contributed by atoms with Crippen molar-refractivity contribution in [1.29, 1.82) is 0 Å². The van der Waals surface area contributed by atoms with E-state index in [2.05, 4.69) is 0 Å². The number of hydrogen-bond donors (Lipinski definition) is 1. The van der Waals surface area contributed by atoms with Gasteiger partial charge in [-0.15, -0.1) is 0 Å². The Bertz CT molecular complexity index is 454. The highest BCUT2D eigenvalue weighted by Gasteiger charge is 2.46. The number of carbonyl (C=O) groups is 1. The van der Waals surface area contributed by atoms with Gasteiger partial charge in [-0.1, -0.05) is 30.3 Å². The molecule has 0 aliphatic carbocycles. The van der Waals surface area contributed by atoms with Gasteiger partial charge in [-0.2, -0.15) is 0 Å². The van der Waals surface area contributed by atoms with Gasteiger partial charge in [0, 0.05) is 12.0 Å². The summed E-state index contributed by atoms with van der Waals surface area (Å²) in [7, 11) is -5.67. The van der Waals surface area contributed by atoms with Gasteiger partial charge in [0.2, 0.25) is 0 Å². The van der Waals surface area contributed by atoms with Gasteiger partial charge in [-0.25, -0.2) is 0 Å². The molecule has 0 atom stereocenters. The number of Topliss-reactive ketones (excluding diaryl/α,β-unsaturated/α-hetero) is 1. The van der Waals surface area contributed by atoms with E-state index in [1.54, 1.807) is 46.0 Å². The van der Waals surface area contributed by atoms with E-state index in [1.807, 2.05) is 43.4 Å². The van der Waals surface area contributed by atoms with Gasteiger partial charge in [0.15, 0.2) is 14.1 Å². The summed E-state index contributed by atoms with van der Waals surface area (Å²) in [6, 6.07) is 10.00. The molecule has 0 aliphatic rings. The molecule has 9 heteroatoms. The number of hydrogen-bond acceptors (Lipinski definition) is 5. The van der Waals surface area contributed by atoms with Crippen LogP contribution in [-0.2, 0) is 9.63 Å². The standard InChI is InChI=1S/C12H18I2O5Si2/c1-20(2,19-21(16,17-13)18-14)10-6-9-12(15)11-7-4-3-5-8-11/h3-5,7-8,16H,6,9-10H2,1-2H3. The van der Waals surface area contributed by atoms with Crippen LogP contribution >= 0.6 is 46.0 Å². The molecule has 0 fully saturated rings. The summed E-state index contributed by atoms with van der Waals surface area (Å²) < 4.78 is 15.5. The molecule has 1 aromatic carbocycles. The van der Waals surface area contributed by atoms with Gasteiger partial charge in [0.25, 0.3) is 0 Å². The summed E-state index contributed by atoms with van der Waals surface area (Å²) in [6.07, 6.45) is 1.19. The van der Waals surface area contributed by atoms with Crippen LogP contribution in [0.25, 0.3) is 0 Å². The molecule has 0 radical (unpaired) electrons. The van der Waals surface area contributed by atoms with E-state index in [4.69, 9.17) is 9.63 Å². The smallest absolute Gasteiger partial charge is 0.393 e. The highest BCUT2D eigenvalue weighted by molar-refractivity contribution is 14.1. The molecule has 0 aliphatic heterocycles. The maximum Gasteiger partial charge on any atom is 0.685 e. The lowest BCUT2D eigenvalue weighted by Gasteiger charge is -2.28. The molecule has 1 aromatic rings. The first kappa shape index (κ1) is 19.7. The van der Waals surface area contributed by atoms with Gasteiger partial charge < -0.3 is 8.91 Å². The monoisotopic (exact) mass is 552 g/mol. The fourth-order valence-electron chi connectivity index (χ4n) is 1.89. The highest BCUT2D eigenvalue weighted by atomic mass is 127. The van der Waals surface area contributed by atoms with E-state index >= 15 is 0 Å². The molecule has 0 aromatic heterocycles. The second kappa shape index (κ2) is 9.05. The quantitative estimate of drug-likeness (QED) is 0.285. The van der Waals surface area contributed by atoms with E-state index in [1.165, 1.54) is 0 Å². The Balaban J connectivity index is 2.45. The molecule has 1 N–H and O–H groups in total. The zero-order valence-corrected chi connectivity index (χ0v) is 18.2. The van der Waals surface area contributed by atoms with Gasteiger partial charge >= 0.3 is 9.05 Å². The van der Waals surface area contributed by atoms with Gasteiger partial charge in [-0.05, 0) is 25.6 Å². The minimum absolute atomic E-state index is 0.128. The summed E-state index contributed by atoms with van der Waals surface area (Å²) in [5, 5.41) is 0. The number of rotatable bonds is 9. The van der Waals surface area contributed by atoms with Crippen molar-refractivity contribution < 1.29 is 19.2 Å². The highest BCUT2D eigenvalue weighted by Crippen LogP contribution is 2.24. The van der Waals surface area contributed by atoms with Gasteiger partial charge in [0.1, 0.15) is 46.0 Å². The van der Waals surface area contributed by atoms with Crippen molar-refractivity contribution >= 4 is 69.2 Å². The van der Waals surface area contributed by atoms with Crippen LogP contribution in [0.4, 0.5) is 0 Å². The van der Waals surface area contributed by atoms with Crippen LogP contribution in [0.5, 0.6) is 0 Å². The van der Waals surface area contributed by atoms with E-state index in [0.29, 0.717) is 6.42 Å². The lowest BCUT2D eigenvalue weighted by atomic mass is 10.1. The average Bonchev–Trinajstić information content (AvgIpc) is 2.47. The first-order chi connectivity index (χ1) is 9.82. The molecule has 0 heterocycles. The van der Waals surface area contributed by atoms with Crippen LogP contribution in [0.15, 0.2) is 30.3 Å². The van der Waals surface area contributed by atoms with Crippen LogP contribution in [0.2, 0.25) is 19.1 Å².